The van der Waals surface area contributed by atoms with Crippen molar-refractivity contribution in [3.05, 3.63) is 52.0 Å². The van der Waals surface area contributed by atoms with Crippen LogP contribution in [0.4, 0.5) is 8.78 Å². The lowest BCUT2D eigenvalue weighted by Gasteiger charge is -2.30. The molecule has 2 aromatic carbocycles. The number of aliphatic hydroxyl groups excluding tert-OH is 1. The Bertz CT molecular complexity index is 870. The second-order valence-electron chi connectivity index (χ2n) is 7.73. The Kier molecular flexibility index (Phi) is 6.72. The molecule has 0 bridgehead atoms. The molecule has 30 heavy (non-hydrogen) atoms. The fourth-order valence-corrected chi connectivity index (χ4v) is 4.32. The van der Waals surface area contributed by atoms with Gasteiger partial charge in [-0.3, -0.25) is 0 Å². The molecule has 2 aliphatic rings. The molecule has 0 amide bonds. The first-order valence-corrected chi connectivity index (χ1v) is 10.8. The lowest BCUT2D eigenvalue weighted by atomic mass is 10.1. The molecular formula is C21H25BrF2N2O4+2. The topological polar surface area (TPSA) is 56.8 Å². The summed E-state index contributed by atoms with van der Waals surface area (Å²) in [5.74, 6) is -0.436. The van der Waals surface area contributed by atoms with Crippen molar-refractivity contribution in [2.45, 2.75) is 12.6 Å². The van der Waals surface area contributed by atoms with Crippen molar-refractivity contribution in [2.75, 3.05) is 46.1 Å². The number of ether oxygens (including phenoxy) is 3. The highest BCUT2D eigenvalue weighted by atomic mass is 79.9. The van der Waals surface area contributed by atoms with Gasteiger partial charge in [0.1, 0.15) is 52.0 Å². The minimum atomic E-state index is -0.794. The van der Waals surface area contributed by atoms with E-state index in [1.54, 1.807) is 0 Å². The van der Waals surface area contributed by atoms with Gasteiger partial charge in [-0.2, -0.15) is 0 Å². The lowest BCUT2D eigenvalue weighted by Crippen LogP contribution is -3.28. The van der Waals surface area contributed by atoms with Crippen molar-refractivity contribution < 1.29 is 37.9 Å². The van der Waals surface area contributed by atoms with E-state index in [1.807, 2.05) is 12.1 Å². The number of rotatable bonds is 7. The largest absolute Gasteiger partial charge is 0.485 e. The van der Waals surface area contributed by atoms with Crippen LogP contribution in [0.2, 0.25) is 0 Å². The molecule has 0 saturated carbocycles. The Morgan fingerprint density at radius 2 is 1.67 bits per heavy atom. The number of quaternary nitrogens is 2. The molecule has 0 aromatic heterocycles. The van der Waals surface area contributed by atoms with E-state index in [1.165, 1.54) is 15.4 Å². The summed E-state index contributed by atoms with van der Waals surface area (Å²) >= 11 is 3.03. The summed E-state index contributed by atoms with van der Waals surface area (Å²) in [5, 5.41) is 10.3. The third-order valence-electron chi connectivity index (χ3n) is 5.46. The number of benzene rings is 2. The van der Waals surface area contributed by atoms with Crippen molar-refractivity contribution in [2.24, 2.45) is 0 Å². The van der Waals surface area contributed by atoms with Crippen LogP contribution in [0.5, 0.6) is 17.2 Å². The highest BCUT2D eigenvalue weighted by Crippen LogP contribution is 2.32. The molecule has 0 unspecified atom stereocenters. The molecule has 4 rings (SSSR count). The second-order valence-corrected chi connectivity index (χ2v) is 8.65. The van der Waals surface area contributed by atoms with E-state index in [0.717, 1.165) is 56.4 Å². The third kappa shape index (κ3) is 5.21. The molecule has 162 valence electrons. The fraction of sp³-hybridized carbons (Fsp3) is 0.429. The van der Waals surface area contributed by atoms with Crippen LogP contribution in [-0.2, 0) is 6.54 Å². The second kappa shape index (κ2) is 9.47. The molecule has 2 aromatic rings. The number of aliphatic hydroxyl groups is 1. The summed E-state index contributed by atoms with van der Waals surface area (Å²) < 4.78 is 43.9. The van der Waals surface area contributed by atoms with Crippen molar-refractivity contribution in [3.63, 3.8) is 0 Å². The van der Waals surface area contributed by atoms with Crippen LogP contribution < -0.4 is 24.0 Å². The Labute approximate surface area is 182 Å². The number of hydrogen-bond acceptors (Lipinski definition) is 4. The van der Waals surface area contributed by atoms with E-state index in [4.69, 9.17) is 14.2 Å². The third-order valence-corrected chi connectivity index (χ3v) is 5.92. The molecule has 1 saturated heterocycles. The number of hydrogen-bond donors (Lipinski definition) is 3. The zero-order chi connectivity index (χ0) is 21.1. The molecule has 9 heteroatoms. The van der Waals surface area contributed by atoms with E-state index in [0.29, 0.717) is 11.0 Å². The fourth-order valence-electron chi connectivity index (χ4n) is 3.92. The Morgan fingerprint density at radius 3 is 2.40 bits per heavy atom. The number of halogens is 3. The summed E-state index contributed by atoms with van der Waals surface area (Å²) in [5.41, 5.74) is 1.21. The maximum absolute atomic E-state index is 13.8. The van der Waals surface area contributed by atoms with Gasteiger partial charge in [0.05, 0.1) is 0 Å². The van der Waals surface area contributed by atoms with Gasteiger partial charge in [0.25, 0.3) is 0 Å². The van der Waals surface area contributed by atoms with Crippen LogP contribution in [0.25, 0.3) is 0 Å². The van der Waals surface area contributed by atoms with Crippen LogP contribution in [-0.4, -0.2) is 57.3 Å². The van der Waals surface area contributed by atoms with Gasteiger partial charge >= 0.3 is 0 Å². The van der Waals surface area contributed by atoms with Gasteiger partial charge in [0.2, 0.25) is 6.79 Å². The van der Waals surface area contributed by atoms with Gasteiger partial charge in [-0.15, -0.1) is 0 Å². The van der Waals surface area contributed by atoms with E-state index in [9.17, 15) is 13.9 Å². The highest BCUT2D eigenvalue weighted by Gasteiger charge is 2.26. The normalized spacial score (nSPS) is 21.5. The van der Waals surface area contributed by atoms with Crippen molar-refractivity contribution >= 4 is 15.9 Å². The van der Waals surface area contributed by atoms with Crippen LogP contribution >= 0.6 is 15.9 Å². The quantitative estimate of drug-likeness (QED) is 0.522. The van der Waals surface area contributed by atoms with Crippen molar-refractivity contribution in [1.82, 2.24) is 0 Å². The average Bonchev–Trinajstić information content (AvgIpc) is 3.16. The average molecular weight is 487 g/mol. The van der Waals surface area contributed by atoms with E-state index < -0.39 is 23.5 Å². The summed E-state index contributed by atoms with van der Waals surface area (Å²) in [7, 11) is 0. The Balaban J connectivity index is 1.21. The molecule has 1 atom stereocenters. The minimum Gasteiger partial charge on any atom is -0.485 e. The molecule has 0 aliphatic carbocycles. The highest BCUT2D eigenvalue weighted by molar-refractivity contribution is 9.10. The molecule has 2 aliphatic heterocycles. The van der Waals surface area contributed by atoms with Gasteiger partial charge in [0, 0.05) is 10.0 Å². The first-order valence-electron chi connectivity index (χ1n) is 9.99. The monoisotopic (exact) mass is 486 g/mol. The summed E-state index contributed by atoms with van der Waals surface area (Å²) in [6.45, 7) is 5.32. The van der Waals surface area contributed by atoms with Gasteiger partial charge < -0.3 is 29.1 Å². The maximum Gasteiger partial charge on any atom is 0.231 e. The van der Waals surface area contributed by atoms with Gasteiger partial charge in [-0.05, 0) is 30.3 Å². The predicted octanol–water partition coefficient (Wildman–Crippen LogP) is 0.179. The summed E-state index contributed by atoms with van der Waals surface area (Å²) in [4.78, 5) is 2.74. The van der Waals surface area contributed by atoms with Gasteiger partial charge in [-0.25, -0.2) is 8.78 Å². The maximum atomic E-state index is 13.8. The van der Waals surface area contributed by atoms with E-state index in [2.05, 4.69) is 22.0 Å². The smallest absolute Gasteiger partial charge is 0.231 e. The zero-order valence-corrected chi connectivity index (χ0v) is 18.0. The van der Waals surface area contributed by atoms with Gasteiger partial charge in [0.15, 0.2) is 28.9 Å². The zero-order valence-electron chi connectivity index (χ0n) is 16.4. The lowest BCUT2D eigenvalue weighted by molar-refractivity contribution is -1.02. The van der Waals surface area contributed by atoms with E-state index >= 15 is 0 Å². The van der Waals surface area contributed by atoms with Crippen molar-refractivity contribution in [1.29, 1.82) is 0 Å². The van der Waals surface area contributed by atoms with Crippen LogP contribution in [0.15, 0.2) is 34.8 Å². The standard InChI is InChI=1S/C21H23BrF2N2O4/c22-15-8-17(23)21(18(24)9-15)28-12-16(27)11-26-5-3-25(4-6-26)10-14-1-2-19-20(7-14)30-13-29-19/h1-2,7-9,16,27H,3-6,10-13H2/p+2/t16-/m1/s1. The number of fused-ring (bicyclic) bond motifs is 1. The Hall–Kier alpha value is -1.94. The molecule has 3 N–H and O–H groups in total. The van der Waals surface area contributed by atoms with Crippen molar-refractivity contribution in [3.8, 4) is 17.2 Å². The van der Waals surface area contributed by atoms with E-state index in [-0.39, 0.29) is 13.4 Å². The first kappa shape index (κ1) is 21.3. The first-order chi connectivity index (χ1) is 14.5. The molecule has 2 heterocycles. The summed E-state index contributed by atoms with van der Waals surface area (Å²) in [6.07, 6.45) is -0.794. The minimum absolute atomic E-state index is 0.146. The summed E-state index contributed by atoms with van der Waals surface area (Å²) in [6, 6.07) is 8.33. The Morgan fingerprint density at radius 1 is 1.00 bits per heavy atom. The predicted molar refractivity (Wildman–Crippen MR) is 108 cm³/mol. The number of nitrogens with one attached hydrogen (secondary N) is 2. The SMILES string of the molecule is O[C@@H](COc1c(F)cc(Br)cc1F)C[NH+]1CC[NH+](Cc2ccc3c(c2)OCO3)CC1. The van der Waals surface area contributed by atoms with Crippen LogP contribution in [0, 0.1) is 11.6 Å². The van der Waals surface area contributed by atoms with Gasteiger partial charge in [-0.1, -0.05) is 15.9 Å². The van der Waals surface area contributed by atoms with Crippen LogP contribution in [0.3, 0.4) is 0 Å². The molecule has 0 spiro atoms. The molecule has 6 nitrogen and oxygen atoms in total. The molecule has 0 radical (unpaired) electrons. The van der Waals surface area contributed by atoms with Crippen LogP contribution in [0.1, 0.15) is 5.56 Å². The molecule has 1 fully saturated rings. The number of piperazine rings is 1. The molecular weight excluding hydrogens is 462 g/mol.